The first-order valence-corrected chi connectivity index (χ1v) is 6.86. The largest absolute Gasteiger partial charge is 0.469 e. The van der Waals surface area contributed by atoms with Crippen LogP contribution in [0.1, 0.15) is 38.9 Å². The van der Waals surface area contributed by atoms with Gasteiger partial charge in [0.25, 0.3) is 0 Å². The number of hydrogen-bond donors (Lipinski definition) is 2. The van der Waals surface area contributed by atoms with E-state index in [1.807, 2.05) is 20.8 Å². The Kier molecular flexibility index (Phi) is 4.11. The maximum absolute atomic E-state index is 11.5. The van der Waals surface area contributed by atoms with Gasteiger partial charge in [0.1, 0.15) is 5.76 Å². The highest BCUT2D eigenvalue weighted by Gasteiger charge is 2.45. The van der Waals surface area contributed by atoms with Gasteiger partial charge in [-0.3, -0.25) is 4.79 Å². The van der Waals surface area contributed by atoms with Crippen molar-refractivity contribution in [2.45, 2.75) is 45.3 Å². The third-order valence-electron chi connectivity index (χ3n) is 4.24. The Labute approximate surface area is 113 Å². The van der Waals surface area contributed by atoms with E-state index in [0.717, 1.165) is 0 Å². The third kappa shape index (κ3) is 2.74. The topological polar surface area (TPSA) is 70.7 Å². The molecule has 0 amide bonds. The Balaban J connectivity index is 2.44. The fourth-order valence-corrected chi connectivity index (χ4v) is 3.29. The molecule has 19 heavy (non-hydrogen) atoms. The van der Waals surface area contributed by atoms with Crippen LogP contribution >= 0.6 is 0 Å². The minimum atomic E-state index is -0.596. The van der Waals surface area contributed by atoms with Gasteiger partial charge in [-0.2, -0.15) is 0 Å². The highest BCUT2D eigenvalue weighted by molar-refractivity contribution is 5.13. The van der Waals surface area contributed by atoms with Crippen molar-refractivity contribution in [2.24, 2.45) is 17.8 Å². The van der Waals surface area contributed by atoms with Crippen LogP contribution in [-0.2, 0) is 0 Å². The lowest BCUT2D eigenvalue weighted by molar-refractivity contribution is -0.0661. The van der Waals surface area contributed by atoms with Crippen molar-refractivity contribution < 1.29 is 14.6 Å². The van der Waals surface area contributed by atoms with Crippen LogP contribution in [0.2, 0.25) is 0 Å². The Morgan fingerprint density at radius 1 is 1.37 bits per heavy atom. The van der Waals surface area contributed by atoms with E-state index >= 15 is 0 Å². The normalized spacial score (nSPS) is 35.6. The maximum Gasteiger partial charge on any atom is 0.185 e. The lowest BCUT2D eigenvalue weighted by Gasteiger charge is -2.43. The predicted molar refractivity (Wildman–Crippen MR) is 71.8 cm³/mol. The summed E-state index contributed by atoms with van der Waals surface area (Å²) in [5, 5.41) is 20.7. The Bertz CT molecular complexity index is 479. The first-order chi connectivity index (χ1) is 8.91. The molecule has 1 fully saturated rings. The molecular weight excluding hydrogens is 244 g/mol. The smallest absolute Gasteiger partial charge is 0.185 e. The quantitative estimate of drug-likeness (QED) is 0.855. The zero-order valence-electron chi connectivity index (χ0n) is 11.6. The number of rotatable bonds is 2. The molecule has 4 heteroatoms. The molecule has 5 atom stereocenters. The molecule has 0 bridgehead atoms. The molecule has 1 saturated carbocycles. The zero-order valence-corrected chi connectivity index (χ0v) is 11.6. The molecule has 4 nitrogen and oxygen atoms in total. The zero-order chi connectivity index (χ0) is 14.2. The van der Waals surface area contributed by atoms with E-state index in [1.165, 1.54) is 18.4 Å². The van der Waals surface area contributed by atoms with Crippen molar-refractivity contribution in [3.05, 3.63) is 34.4 Å². The molecule has 1 aliphatic carbocycles. The highest BCUT2D eigenvalue weighted by Crippen LogP contribution is 2.43. The molecule has 0 saturated heterocycles. The molecule has 0 radical (unpaired) electrons. The summed E-state index contributed by atoms with van der Waals surface area (Å²) >= 11 is 0. The van der Waals surface area contributed by atoms with Gasteiger partial charge >= 0.3 is 0 Å². The van der Waals surface area contributed by atoms with Crippen LogP contribution in [0.5, 0.6) is 0 Å². The standard InChI is InChI=1S/C15H22O4/c1-8(2)13-11(17)6-9(3)15(18)14(13)12-7-10(16)4-5-19-12/h4-5,7-9,11,13-15,17-18H,6H2,1-3H3. The van der Waals surface area contributed by atoms with Gasteiger partial charge in [0.05, 0.1) is 18.5 Å². The molecule has 1 aromatic heterocycles. The fourth-order valence-electron chi connectivity index (χ4n) is 3.29. The summed E-state index contributed by atoms with van der Waals surface area (Å²) in [6.45, 7) is 5.95. The van der Waals surface area contributed by atoms with Crippen LogP contribution < -0.4 is 5.43 Å². The average molecular weight is 266 g/mol. The minimum absolute atomic E-state index is 0.0134. The van der Waals surface area contributed by atoms with Crippen LogP contribution in [-0.4, -0.2) is 22.4 Å². The minimum Gasteiger partial charge on any atom is -0.469 e. The molecule has 1 aliphatic rings. The van der Waals surface area contributed by atoms with Gasteiger partial charge < -0.3 is 14.6 Å². The second kappa shape index (κ2) is 5.47. The van der Waals surface area contributed by atoms with Crippen LogP contribution in [0.15, 0.2) is 27.6 Å². The molecule has 1 heterocycles. The van der Waals surface area contributed by atoms with E-state index in [2.05, 4.69) is 0 Å². The van der Waals surface area contributed by atoms with Crippen LogP contribution in [0.4, 0.5) is 0 Å². The Hall–Kier alpha value is -1.13. The van der Waals surface area contributed by atoms with E-state index in [1.54, 1.807) is 0 Å². The molecule has 2 N–H and O–H groups in total. The van der Waals surface area contributed by atoms with Crippen molar-refractivity contribution >= 4 is 0 Å². The molecule has 106 valence electrons. The molecule has 2 rings (SSSR count). The van der Waals surface area contributed by atoms with Crippen molar-refractivity contribution in [3.63, 3.8) is 0 Å². The van der Waals surface area contributed by atoms with Crippen molar-refractivity contribution in [1.29, 1.82) is 0 Å². The van der Waals surface area contributed by atoms with Gasteiger partial charge in [0.15, 0.2) is 5.43 Å². The lowest BCUT2D eigenvalue weighted by atomic mass is 9.66. The first kappa shape index (κ1) is 14.3. The summed E-state index contributed by atoms with van der Waals surface area (Å²) in [5.74, 6) is 0.238. The van der Waals surface area contributed by atoms with Gasteiger partial charge in [-0.05, 0) is 24.2 Å². The van der Waals surface area contributed by atoms with E-state index in [0.29, 0.717) is 12.2 Å². The summed E-state index contributed by atoms with van der Waals surface area (Å²) in [6.07, 6.45) is 0.862. The SMILES string of the molecule is CC(C)C1C(O)CC(C)C(O)C1c1cc(=O)cco1. The first-order valence-electron chi connectivity index (χ1n) is 6.86. The van der Waals surface area contributed by atoms with Crippen LogP contribution in [0.25, 0.3) is 0 Å². The maximum atomic E-state index is 11.5. The summed E-state index contributed by atoms with van der Waals surface area (Å²) in [4.78, 5) is 11.5. The van der Waals surface area contributed by atoms with E-state index in [4.69, 9.17) is 4.42 Å². The molecule has 5 unspecified atom stereocenters. The molecular formula is C15H22O4. The molecule has 0 aliphatic heterocycles. The predicted octanol–water partition coefficient (Wildman–Crippen LogP) is 1.76. The highest BCUT2D eigenvalue weighted by atomic mass is 16.3. The van der Waals surface area contributed by atoms with Crippen molar-refractivity contribution in [3.8, 4) is 0 Å². The van der Waals surface area contributed by atoms with Gasteiger partial charge in [-0.25, -0.2) is 0 Å². The summed E-state index contributed by atoms with van der Waals surface area (Å²) < 4.78 is 5.42. The molecule has 0 spiro atoms. The fraction of sp³-hybridized carbons (Fsp3) is 0.667. The van der Waals surface area contributed by atoms with Gasteiger partial charge in [-0.1, -0.05) is 20.8 Å². The van der Waals surface area contributed by atoms with E-state index in [-0.39, 0.29) is 29.1 Å². The van der Waals surface area contributed by atoms with Crippen molar-refractivity contribution in [1.82, 2.24) is 0 Å². The monoisotopic (exact) mass is 266 g/mol. The summed E-state index contributed by atoms with van der Waals surface area (Å²) in [7, 11) is 0. The Morgan fingerprint density at radius 2 is 2.05 bits per heavy atom. The van der Waals surface area contributed by atoms with E-state index in [9.17, 15) is 15.0 Å². The summed E-state index contributed by atoms with van der Waals surface area (Å²) in [5.41, 5.74) is -0.135. The van der Waals surface area contributed by atoms with E-state index < -0.39 is 12.2 Å². The van der Waals surface area contributed by atoms with Gasteiger partial charge in [-0.15, -0.1) is 0 Å². The number of aliphatic hydroxyl groups is 2. The number of aliphatic hydroxyl groups excluding tert-OH is 2. The second-order valence-electron chi connectivity index (χ2n) is 5.99. The number of hydrogen-bond acceptors (Lipinski definition) is 4. The summed E-state index contributed by atoms with van der Waals surface area (Å²) in [6, 6.07) is 2.77. The Morgan fingerprint density at radius 3 is 2.63 bits per heavy atom. The lowest BCUT2D eigenvalue weighted by Crippen LogP contribution is -2.46. The van der Waals surface area contributed by atoms with Gasteiger partial charge in [0.2, 0.25) is 0 Å². The second-order valence-corrected chi connectivity index (χ2v) is 5.99. The van der Waals surface area contributed by atoms with Crippen LogP contribution in [0, 0.1) is 17.8 Å². The van der Waals surface area contributed by atoms with Crippen LogP contribution in [0.3, 0.4) is 0 Å². The molecule has 0 aromatic carbocycles. The molecule has 1 aromatic rings. The third-order valence-corrected chi connectivity index (χ3v) is 4.24. The average Bonchev–Trinajstić information content (AvgIpc) is 2.32. The van der Waals surface area contributed by atoms with Crippen molar-refractivity contribution in [2.75, 3.05) is 0 Å². The van der Waals surface area contributed by atoms with Gasteiger partial charge in [0, 0.05) is 18.1 Å².